The zero-order chi connectivity index (χ0) is 12.9. The number of primary amides is 1. The molecule has 1 aromatic rings. The van der Waals surface area contributed by atoms with E-state index in [-0.39, 0.29) is 17.9 Å². The summed E-state index contributed by atoms with van der Waals surface area (Å²) in [6, 6.07) is 6.63. The van der Waals surface area contributed by atoms with Gasteiger partial charge in [-0.05, 0) is 24.1 Å². The van der Waals surface area contributed by atoms with Crippen LogP contribution < -0.4 is 10.5 Å². The molecule has 17 heavy (non-hydrogen) atoms. The minimum atomic E-state index is -3.54. The van der Waals surface area contributed by atoms with E-state index >= 15 is 0 Å². The average Bonchev–Trinajstić information content (AvgIpc) is 2.28. The van der Waals surface area contributed by atoms with E-state index in [1.165, 1.54) is 0 Å². The summed E-state index contributed by atoms with van der Waals surface area (Å²) in [6.45, 7) is 2.02. The van der Waals surface area contributed by atoms with Crippen LogP contribution in [0.3, 0.4) is 0 Å². The van der Waals surface area contributed by atoms with Gasteiger partial charge < -0.3 is 5.73 Å². The van der Waals surface area contributed by atoms with Crippen molar-refractivity contribution >= 4 is 15.9 Å². The fourth-order valence-corrected chi connectivity index (χ4v) is 2.33. The maximum absolute atomic E-state index is 11.8. The first-order valence-corrected chi connectivity index (χ1v) is 6.81. The topological polar surface area (TPSA) is 89.3 Å². The molecular formula is C11H16N2O3S. The third-order valence-corrected chi connectivity index (χ3v) is 3.78. The lowest BCUT2D eigenvalue weighted by Crippen LogP contribution is -2.28. The third kappa shape index (κ3) is 4.16. The monoisotopic (exact) mass is 256 g/mol. The molecule has 6 heteroatoms. The molecule has 0 saturated carbocycles. The molecule has 0 radical (unpaired) electrons. The third-order valence-electron chi connectivity index (χ3n) is 2.31. The summed E-state index contributed by atoms with van der Waals surface area (Å²) in [6.07, 6.45) is 0.849. The number of sulfonamides is 1. The molecule has 0 atom stereocenters. The Morgan fingerprint density at radius 1 is 1.29 bits per heavy atom. The van der Waals surface area contributed by atoms with E-state index in [4.69, 9.17) is 5.73 Å². The van der Waals surface area contributed by atoms with E-state index in [2.05, 4.69) is 4.72 Å². The highest BCUT2D eigenvalue weighted by Crippen LogP contribution is 2.10. The predicted molar refractivity (Wildman–Crippen MR) is 64.8 cm³/mol. The van der Waals surface area contributed by atoms with Crippen LogP contribution >= 0.6 is 0 Å². The van der Waals surface area contributed by atoms with Crippen molar-refractivity contribution in [3.05, 3.63) is 29.8 Å². The summed E-state index contributed by atoms with van der Waals surface area (Å²) in [5.41, 5.74) is 6.00. The maximum Gasteiger partial charge on any atom is 0.240 e. The summed E-state index contributed by atoms with van der Waals surface area (Å²) >= 11 is 0. The van der Waals surface area contributed by atoms with Gasteiger partial charge in [-0.1, -0.05) is 19.1 Å². The molecule has 0 aromatic heterocycles. The number of rotatable bonds is 6. The van der Waals surface area contributed by atoms with E-state index in [0.29, 0.717) is 0 Å². The van der Waals surface area contributed by atoms with Crippen LogP contribution in [0.5, 0.6) is 0 Å². The van der Waals surface area contributed by atoms with E-state index < -0.39 is 15.9 Å². The average molecular weight is 256 g/mol. The Balaban J connectivity index is 2.72. The first-order chi connectivity index (χ1) is 7.95. The van der Waals surface area contributed by atoms with Gasteiger partial charge >= 0.3 is 0 Å². The number of hydrogen-bond donors (Lipinski definition) is 2. The molecule has 0 aliphatic carbocycles. The van der Waals surface area contributed by atoms with Crippen LogP contribution in [0.25, 0.3) is 0 Å². The molecule has 0 aliphatic heterocycles. The number of benzene rings is 1. The molecule has 1 rings (SSSR count). The van der Waals surface area contributed by atoms with Crippen molar-refractivity contribution in [1.29, 1.82) is 0 Å². The fourth-order valence-electron chi connectivity index (χ4n) is 1.30. The summed E-state index contributed by atoms with van der Waals surface area (Å²) in [4.78, 5) is 10.7. The van der Waals surface area contributed by atoms with Crippen LogP contribution in [0.15, 0.2) is 29.2 Å². The lowest BCUT2D eigenvalue weighted by atomic mass is 10.2. The quantitative estimate of drug-likeness (QED) is 0.772. The van der Waals surface area contributed by atoms with E-state index in [1.807, 2.05) is 6.92 Å². The lowest BCUT2D eigenvalue weighted by Gasteiger charge is -2.06. The molecule has 0 unspecified atom stereocenters. The highest BCUT2D eigenvalue weighted by Gasteiger charge is 2.13. The predicted octanol–water partition coefficient (Wildman–Crippen LogP) is 0.403. The molecule has 94 valence electrons. The number of carbonyl (C=O) groups is 1. The normalized spacial score (nSPS) is 11.4. The smallest absolute Gasteiger partial charge is 0.240 e. The second-order valence-electron chi connectivity index (χ2n) is 3.61. The van der Waals surface area contributed by atoms with Crippen molar-refractivity contribution in [2.75, 3.05) is 6.54 Å². The molecule has 0 bridgehead atoms. The van der Waals surface area contributed by atoms with Crippen LogP contribution in [-0.2, 0) is 21.2 Å². The molecule has 0 saturated heterocycles. The van der Waals surface area contributed by atoms with Gasteiger partial charge in [-0.2, -0.15) is 0 Å². The number of nitrogens with two attached hydrogens (primary N) is 1. The van der Waals surface area contributed by atoms with Crippen molar-refractivity contribution in [2.24, 2.45) is 5.73 Å². The number of carbonyl (C=O) groups excluding carboxylic acids is 1. The Hall–Kier alpha value is -1.40. The fraction of sp³-hybridized carbons (Fsp3) is 0.364. The Kier molecular flexibility index (Phi) is 4.65. The van der Waals surface area contributed by atoms with Crippen LogP contribution in [0, 0.1) is 0 Å². The van der Waals surface area contributed by atoms with Crippen molar-refractivity contribution in [3.8, 4) is 0 Å². The van der Waals surface area contributed by atoms with Gasteiger partial charge in [0.1, 0.15) is 0 Å². The second kappa shape index (κ2) is 5.79. The number of nitrogens with one attached hydrogen (secondary N) is 1. The zero-order valence-electron chi connectivity index (χ0n) is 9.64. The SMILES string of the molecule is CCc1ccc(S(=O)(=O)NCCC(N)=O)cc1. The Morgan fingerprint density at radius 2 is 1.88 bits per heavy atom. The summed E-state index contributed by atoms with van der Waals surface area (Å²) in [5.74, 6) is -0.533. The zero-order valence-corrected chi connectivity index (χ0v) is 10.5. The highest BCUT2D eigenvalue weighted by molar-refractivity contribution is 7.89. The van der Waals surface area contributed by atoms with Gasteiger partial charge in [-0.25, -0.2) is 13.1 Å². The minimum absolute atomic E-state index is 0.00767. The molecule has 1 amide bonds. The van der Waals surface area contributed by atoms with Gasteiger partial charge in [0.25, 0.3) is 0 Å². The molecule has 3 N–H and O–H groups in total. The Bertz CT molecular complexity index is 480. The molecule has 5 nitrogen and oxygen atoms in total. The Morgan fingerprint density at radius 3 is 2.35 bits per heavy atom. The molecule has 0 spiro atoms. The first kappa shape index (κ1) is 13.7. The number of amides is 1. The Labute approximate surface area is 101 Å². The minimum Gasteiger partial charge on any atom is -0.370 e. The van der Waals surface area contributed by atoms with Gasteiger partial charge in [0.2, 0.25) is 15.9 Å². The van der Waals surface area contributed by atoms with Gasteiger partial charge in [-0.15, -0.1) is 0 Å². The second-order valence-corrected chi connectivity index (χ2v) is 5.38. The van der Waals surface area contributed by atoms with E-state index in [9.17, 15) is 13.2 Å². The first-order valence-electron chi connectivity index (χ1n) is 5.32. The highest BCUT2D eigenvalue weighted by atomic mass is 32.2. The van der Waals surface area contributed by atoms with Crippen LogP contribution in [-0.4, -0.2) is 20.9 Å². The van der Waals surface area contributed by atoms with Gasteiger partial charge in [0, 0.05) is 13.0 Å². The molecule has 0 aliphatic rings. The van der Waals surface area contributed by atoms with E-state index in [1.54, 1.807) is 24.3 Å². The van der Waals surface area contributed by atoms with E-state index in [0.717, 1.165) is 12.0 Å². The largest absolute Gasteiger partial charge is 0.370 e. The van der Waals surface area contributed by atoms with Gasteiger partial charge in [0.05, 0.1) is 4.90 Å². The standard InChI is InChI=1S/C11H16N2O3S/c1-2-9-3-5-10(6-4-9)17(15,16)13-8-7-11(12)14/h3-6,13H,2,7-8H2,1H3,(H2,12,14). The van der Waals surface area contributed by atoms with Crippen molar-refractivity contribution in [3.63, 3.8) is 0 Å². The molecular weight excluding hydrogens is 240 g/mol. The summed E-state index contributed by atoms with van der Waals surface area (Å²) in [7, 11) is -3.54. The van der Waals surface area contributed by atoms with Crippen molar-refractivity contribution in [1.82, 2.24) is 4.72 Å². The van der Waals surface area contributed by atoms with Crippen molar-refractivity contribution < 1.29 is 13.2 Å². The summed E-state index contributed by atoms with van der Waals surface area (Å²) < 4.78 is 25.8. The van der Waals surface area contributed by atoms with Crippen LogP contribution in [0.2, 0.25) is 0 Å². The van der Waals surface area contributed by atoms with Crippen molar-refractivity contribution in [2.45, 2.75) is 24.7 Å². The number of aryl methyl sites for hydroxylation is 1. The van der Waals surface area contributed by atoms with Gasteiger partial charge in [0.15, 0.2) is 0 Å². The maximum atomic E-state index is 11.8. The van der Waals surface area contributed by atoms with Gasteiger partial charge in [-0.3, -0.25) is 4.79 Å². The molecule has 0 fully saturated rings. The summed E-state index contributed by atoms with van der Waals surface area (Å²) in [5, 5.41) is 0. The van der Waals surface area contributed by atoms with Crippen LogP contribution in [0.1, 0.15) is 18.9 Å². The number of hydrogen-bond acceptors (Lipinski definition) is 3. The van der Waals surface area contributed by atoms with Crippen LogP contribution in [0.4, 0.5) is 0 Å². The molecule has 0 heterocycles. The lowest BCUT2D eigenvalue weighted by molar-refractivity contribution is -0.117. The molecule has 1 aromatic carbocycles.